The van der Waals surface area contributed by atoms with Crippen molar-refractivity contribution >= 4 is 24.7 Å². The molecule has 0 amide bonds. The van der Waals surface area contributed by atoms with Gasteiger partial charge in [0.2, 0.25) is 12.3 Å². The summed E-state index contributed by atoms with van der Waals surface area (Å²) in [5.41, 5.74) is 5.16. The molecule has 0 spiro atoms. The molecule has 1 aliphatic heterocycles. The minimum Gasteiger partial charge on any atom is -0.369 e. The lowest BCUT2D eigenvalue weighted by atomic mass is 10.1. The smallest absolute Gasteiger partial charge is 0.354 e. The van der Waals surface area contributed by atoms with Gasteiger partial charge in [0, 0.05) is 12.5 Å². The van der Waals surface area contributed by atoms with Crippen molar-refractivity contribution in [2.24, 2.45) is 5.92 Å². The van der Waals surface area contributed by atoms with Gasteiger partial charge in [-0.2, -0.15) is 4.98 Å². The van der Waals surface area contributed by atoms with Crippen LogP contribution in [0.25, 0.3) is 11.2 Å². The Kier molecular flexibility index (Phi) is 3.52. The van der Waals surface area contributed by atoms with Crippen molar-refractivity contribution in [1.29, 1.82) is 0 Å². The number of aromatic nitrogens is 4. The highest BCUT2D eigenvalue weighted by molar-refractivity contribution is 7.52. The average Bonchev–Trinajstić information content (AvgIpc) is 2.95. The number of nitrogens with zero attached hydrogens (tertiary/aromatic N) is 3. The summed E-state index contributed by atoms with van der Waals surface area (Å²) in [5, 5.41) is 0. The second kappa shape index (κ2) is 5.13. The lowest BCUT2D eigenvalue weighted by molar-refractivity contribution is -0.0352. The Morgan fingerprint density at radius 1 is 1.59 bits per heavy atom. The fraction of sp³-hybridized carbons (Fsp3) is 0.500. The zero-order chi connectivity index (χ0) is 16.1. The van der Waals surface area contributed by atoms with Gasteiger partial charge in [-0.05, 0) is 6.42 Å². The number of H-pyrrole nitrogens is 1. The molecular weight excluding hydrogens is 320 g/mol. The second-order valence-electron chi connectivity index (χ2n) is 5.05. The molecule has 1 aliphatic rings. The van der Waals surface area contributed by atoms with Crippen LogP contribution >= 0.6 is 7.60 Å². The first kappa shape index (κ1) is 15.1. The standard InChI is InChI=1S/C10H13FN5O5P/c11-7-4(1-5(21-7)22(18,19)20)2-16-3-13-6-8(16)14-10(12)15-9(6)17/h3-5,7H,1-2H2,(H2,18,19,20)(H3,12,14,15,17)/t4-,5+,7-/m0/s1. The van der Waals surface area contributed by atoms with E-state index in [0.717, 1.165) is 0 Å². The Hall–Kier alpha value is -1.81. The lowest BCUT2D eigenvalue weighted by Crippen LogP contribution is -2.18. The maximum atomic E-state index is 13.8. The highest BCUT2D eigenvalue weighted by atomic mass is 31.2. The molecule has 0 saturated carbocycles. The van der Waals surface area contributed by atoms with Gasteiger partial charge in [-0.1, -0.05) is 0 Å². The third-order valence-corrected chi connectivity index (χ3v) is 4.54. The summed E-state index contributed by atoms with van der Waals surface area (Å²) >= 11 is 0. The normalized spacial score (nSPS) is 25.9. The summed E-state index contributed by atoms with van der Waals surface area (Å²) in [5.74, 6) is -2.37. The maximum absolute atomic E-state index is 13.8. The van der Waals surface area contributed by atoms with Gasteiger partial charge < -0.3 is 24.8 Å². The topological polar surface area (TPSA) is 156 Å². The number of halogens is 1. The van der Waals surface area contributed by atoms with Crippen LogP contribution in [0.2, 0.25) is 0 Å². The van der Waals surface area contributed by atoms with Crippen molar-refractivity contribution in [2.75, 3.05) is 5.73 Å². The molecule has 22 heavy (non-hydrogen) atoms. The van der Waals surface area contributed by atoms with Crippen molar-refractivity contribution in [3.8, 4) is 0 Å². The minimum absolute atomic E-state index is 0.00403. The number of nitrogen functional groups attached to an aromatic ring is 1. The van der Waals surface area contributed by atoms with Crippen molar-refractivity contribution in [3.05, 3.63) is 16.7 Å². The lowest BCUT2D eigenvalue weighted by Gasteiger charge is -2.11. The molecule has 2 aromatic rings. The fourth-order valence-corrected chi connectivity index (χ4v) is 3.23. The predicted molar refractivity (Wildman–Crippen MR) is 72.5 cm³/mol. The first-order chi connectivity index (χ1) is 10.3. The number of ether oxygens (including phenoxy) is 1. The van der Waals surface area contributed by atoms with Crippen molar-refractivity contribution in [2.45, 2.75) is 25.2 Å². The van der Waals surface area contributed by atoms with Crippen LogP contribution in [0.3, 0.4) is 0 Å². The molecule has 10 nitrogen and oxygen atoms in total. The number of aromatic amines is 1. The van der Waals surface area contributed by atoms with E-state index in [2.05, 4.69) is 19.7 Å². The van der Waals surface area contributed by atoms with E-state index in [0.29, 0.717) is 0 Å². The van der Waals surface area contributed by atoms with E-state index in [1.165, 1.54) is 10.9 Å². The van der Waals surface area contributed by atoms with Gasteiger partial charge in [0.25, 0.3) is 5.56 Å². The Labute approximate surface area is 122 Å². The fourth-order valence-electron chi connectivity index (χ4n) is 2.41. The third-order valence-electron chi connectivity index (χ3n) is 3.46. The number of nitrogens with two attached hydrogens (primary N) is 1. The molecule has 5 N–H and O–H groups in total. The van der Waals surface area contributed by atoms with Gasteiger partial charge in [-0.25, -0.2) is 9.37 Å². The van der Waals surface area contributed by atoms with Crippen LogP contribution in [0, 0.1) is 5.92 Å². The van der Waals surface area contributed by atoms with Gasteiger partial charge >= 0.3 is 7.60 Å². The molecule has 3 atom stereocenters. The van der Waals surface area contributed by atoms with Gasteiger partial charge in [-0.3, -0.25) is 14.3 Å². The number of hydrogen-bond donors (Lipinski definition) is 4. The molecule has 2 aromatic heterocycles. The highest BCUT2D eigenvalue weighted by Gasteiger charge is 2.44. The van der Waals surface area contributed by atoms with Crippen LogP contribution in [0.4, 0.5) is 10.3 Å². The molecule has 3 heterocycles. The zero-order valence-electron chi connectivity index (χ0n) is 11.1. The summed E-state index contributed by atoms with van der Waals surface area (Å²) in [7, 11) is -4.52. The number of alkyl halides is 1. The van der Waals surface area contributed by atoms with E-state index in [1.807, 2.05) is 0 Å². The molecule has 0 unspecified atom stereocenters. The van der Waals surface area contributed by atoms with E-state index < -0.39 is 31.3 Å². The molecule has 12 heteroatoms. The van der Waals surface area contributed by atoms with Crippen molar-refractivity contribution in [3.63, 3.8) is 0 Å². The monoisotopic (exact) mass is 333 g/mol. The molecule has 0 aliphatic carbocycles. The number of imidazole rings is 1. The van der Waals surface area contributed by atoms with E-state index >= 15 is 0 Å². The molecule has 120 valence electrons. The van der Waals surface area contributed by atoms with Gasteiger partial charge in [-0.15, -0.1) is 0 Å². The second-order valence-corrected chi connectivity index (χ2v) is 6.80. The molecule has 0 radical (unpaired) electrons. The van der Waals surface area contributed by atoms with Crippen LogP contribution in [0.5, 0.6) is 0 Å². The summed E-state index contributed by atoms with van der Waals surface area (Å²) in [6, 6.07) is 0. The van der Waals surface area contributed by atoms with E-state index in [-0.39, 0.29) is 30.1 Å². The van der Waals surface area contributed by atoms with Gasteiger partial charge in [0.05, 0.1) is 6.33 Å². The van der Waals surface area contributed by atoms with Gasteiger partial charge in [0.15, 0.2) is 17.0 Å². The molecule has 0 aromatic carbocycles. The van der Waals surface area contributed by atoms with Crippen molar-refractivity contribution in [1.82, 2.24) is 19.5 Å². The predicted octanol–water partition coefficient (Wildman–Crippen LogP) is -0.462. The molecular formula is C10H13FN5O5P. The Morgan fingerprint density at radius 3 is 2.95 bits per heavy atom. The van der Waals surface area contributed by atoms with E-state index in [9.17, 15) is 13.8 Å². The van der Waals surface area contributed by atoms with Crippen molar-refractivity contribution < 1.29 is 23.5 Å². The first-order valence-electron chi connectivity index (χ1n) is 6.31. The Morgan fingerprint density at radius 2 is 2.32 bits per heavy atom. The molecule has 1 saturated heterocycles. The van der Waals surface area contributed by atoms with Crippen LogP contribution in [-0.2, 0) is 15.8 Å². The highest BCUT2D eigenvalue weighted by Crippen LogP contribution is 2.50. The quantitative estimate of drug-likeness (QED) is 0.550. The van der Waals surface area contributed by atoms with E-state index in [1.54, 1.807) is 0 Å². The largest absolute Gasteiger partial charge is 0.369 e. The summed E-state index contributed by atoms with van der Waals surface area (Å²) in [4.78, 5) is 39.8. The zero-order valence-corrected chi connectivity index (χ0v) is 12.0. The summed E-state index contributed by atoms with van der Waals surface area (Å²) in [6.45, 7) is 0.00403. The van der Waals surface area contributed by atoms with Crippen LogP contribution < -0.4 is 11.3 Å². The molecule has 3 rings (SSSR count). The maximum Gasteiger partial charge on any atom is 0.354 e. The van der Waals surface area contributed by atoms with Crippen LogP contribution in [0.15, 0.2) is 11.1 Å². The average molecular weight is 333 g/mol. The third kappa shape index (κ3) is 2.63. The van der Waals surface area contributed by atoms with E-state index in [4.69, 9.17) is 15.5 Å². The summed E-state index contributed by atoms with van der Waals surface area (Å²) < 4.78 is 31.0. The number of hydrogen-bond acceptors (Lipinski definition) is 6. The first-order valence-corrected chi connectivity index (χ1v) is 7.99. The number of anilines is 1. The summed E-state index contributed by atoms with van der Waals surface area (Å²) in [6.07, 6.45) is -0.678. The van der Waals surface area contributed by atoms with Gasteiger partial charge in [0.1, 0.15) is 0 Å². The Bertz CT molecular complexity index is 816. The number of nitrogens with one attached hydrogen (secondary N) is 1. The molecule has 1 fully saturated rings. The minimum atomic E-state index is -4.52. The number of rotatable bonds is 3. The number of fused-ring (bicyclic) bond motifs is 1. The van der Waals surface area contributed by atoms with Crippen LogP contribution in [-0.4, -0.2) is 41.5 Å². The SMILES string of the molecule is Nc1nc2c(ncn2C[C@@H]2C[C@@H](P(=O)(O)O)O[C@@H]2F)c(=O)[nH]1. The Balaban J connectivity index is 1.88. The van der Waals surface area contributed by atoms with Crippen LogP contribution in [0.1, 0.15) is 6.42 Å². The molecule has 0 bridgehead atoms.